The Morgan fingerprint density at radius 2 is 1.87 bits per heavy atom. The van der Waals surface area contributed by atoms with Gasteiger partial charge >= 0.3 is 5.69 Å². The van der Waals surface area contributed by atoms with Gasteiger partial charge in [0.1, 0.15) is 0 Å². The van der Waals surface area contributed by atoms with Crippen molar-refractivity contribution in [1.29, 1.82) is 0 Å². The first-order chi connectivity index (χ1) is 10.9. The van der Waals surface area contributed by atoms with Gasteiger partial charge < -0.3 is 14.5 Å². The molecule has 0 aliphatic carbocycles. The first-order valence-electron chi connectivity index (χ1n) is 7.65. The monoisotopic (exact) mass is 318 g/mol. The van der Waals surface area contributed by atoms with E-state index in [1.54, 1.807) is 6.92 Å². The molecule has 6 nitrogen and oxygen atoms in total. The zero-order chi connectivity index (χ0) is 17.0. The van der Waals surface area contributed by atoms with Gasteiger partial charge in [0.2, 0.25) is 0 Å². The van der Waals surface area contributed by atoms with E-state index in [-0.39, 0.29) is 11.7 Å². The van der Waals surface area contributed by atoms with Gasteiger partial charge in [0.05, 0.1) is 12.7 Å². The lowest BCUT2D eigenvalue weighted by molar-refractivity contribution is 0.223. The van der Waals surface area contributed by atoms with Crippen LogP contribution >= 0.6 is 0 Å². The zero-order valence-corrected chi connectivity index (χ0v) is 13.9. The van der Waals surface area contributed by atoms with E-state index in [1.165, 1.54) is 0 Å². The van der Waals surface area contributed by atoms with E-state index in [2.05, 4.69) is 9.97 Å². The lowest BCUT2D eigenvalue weighted by Gasteiger charge is -2.15. The summed E-state index contributed by atoms with van der Waals surface area (Å²) < 4.78 is 11.4. The smallest absolute Gasteiger partial charge is 0.325 e. The molecule has 0 saturated heterocycles. The van der Waals surface area contributed by atoms with Crippen LogP contribution in [0.15, 0.2) is 27.8 Å². The standard InChI is InChI=1S/C17H22N2O4/c1-5-22-15-9-12(6-7-14(15)23-10(2)3)8-13-11(4)18-17(21)19-16(13)20/h6-7,9-10H,5,8H2,1-4H3,(H2,18,19,20,21). The third kappa shape index (κ3) is 4.25. The molecule has 0 spiro atoms. The van der Waals surface area contributed by atoms with Crippen LogP contribution in [0.4, 0.5) is 0 Å². The van der Waals surface area contributed by atoms with Crippen LogP contribution in [0.1, 0.15) is 37.6 Å². The summed E-state index contributed by atoms with van der Waals surface area (Å²) in [5.41, 5.74) is 1.15. The quantitative estimate of drug-likeness (QED) is 0.855. The predicted molar refractivity (Wildman–Crippen MR) is 88.6 cm³/mol. The second-order valence-electron chi connectivity index (χ2n) is 5.57. The zero-order valence-electron chi connectivity index (χ0n) is 13.9. The van der Waals surface area contributed by atoms with Crippen LogP contribution < -0.4 is 20.7 Å². The summed E-state index contributed by atoms with van der Waals surface area (Å²) in [5.74, 6) is 1.33. The molecule has 1 aromatic carbocycles. The van der Waals surface area contributed by atoms with E-state index in [9.17, 15) is 9.59 Å². The maximum Gasteiger partial charge on any atom is 0.325 e. The van der Waals surface area contributed by atoms with Gasteiger partial charge in [0, 0.05) is 17.7 Å². The predicted octanol–water partition coefficient (Wildman–Crippen LogP) is 2.15. The van der Waals surface area contributed by atoms with Crippen molar-refractivity contribution < 1.29 is 9.47 Å². The molecule has 6 heteroatoms. The van der Waals surface area contributed by atoms with Crippen molar-refractivity contribution in [2.75, 3.05) is 6.61 Å². The number of hydrogen-bond donors (Lipinski definition) is 2. The second kappa shape index (κ2) is 7.17. The highest BCUT2D eigenvalue weighted by molar-refractivity contribution is 5.44. The van der Waals surface area contributed by atoms with Crippen LogP contribution in [0.2, 0.25) is 0 Å². The summed E-state index contributed by atoms with van der Waals surface area (Å²) in [6, 6.07) is 5.60. The molecule has 0 aliphatic heterocycles. The Morgan fingerprint density at radius 1 is 1.13 bits per heavy atom. The molecule has 0 unspecified atom stereocenters. The number of hydrogen-bond acceptors (Lipinski definition) is 4. The van der Waals surface area contributed by atoms with Gasteiger partial charge in [-0.1, -0.05) is 6.07 Å². The van der Waals surface area contributed by atoms with Gasteiger partial charge in [-0.2, -0.15) is 0 Å². The Bertz CT molecular complexity index is 790. The Kier molecular flexibility index (Phi) is 5.26. The number of rotatable bonds is 6. The van der Waals surface area contributed by atoms with E-state index in [1.807, 2.05) is 39.0 Å². The van der Waals surface area contributed by atoms with Crippen LogP contribution in [-0.2, 0) is 6.42 Å². The lowest BCUT2D eigenvalue weighted by Crippen LogP contribution is -2.27. The van der Waals surface area contributed by atoms with Crippen molar-refractivity contribution in [3.05, 3.63) is 55.9 Å². The molecule has 0 aliphatic rings. The summed E-state index contributed by atoms with van der Waals surface area (Å²) in [5, 5.41) is 0. The fourth-order valence-electron chi connectivity index (χ4n) is 2.32. The molecule has 1 aromatic heterocycles. The Hall–Kier alpha value is -2.50. The highest BCUT2D eigenvalue weighted by Gasteiger charge is 2.11. The number of aromatic nitrogens is 2. The van der Waals surface area contributed by atoms with Crippen molar-refractivity contribution >= 4 is 0 Å². The second-order valence-corrected chi connectivity index (χ2v) is 5.57. The van der Waals surface area contributed by atoms with Gasteiger partial charge in [-0.05, 0) is 45.4 Å². The SMILES string of the molecule is CCOc1cc(Cc2c(C)[nH]c(=O)[nH]c2=O)ccc1OC(C)C. The molecule has 2 N–H and O–H groups in total. The van der Waals surface area contributed by atoms with Crippen molar-refractivity contribution in [1.82, 2.24) is 9.97 Å². The minimum Gasteiger partial charge on any atom is -0.490 e. The number of benzene rings is 1. The highest BCUT2D eigenvalue weighted by atomic mass is 16.5. The Morgan fingerprint density at radius 3 is 2.48 bits per heavy atom. The van der Waals surface area contributed by atoms with Crippen LogP contribution in [-0.4, -0.2) is 22.7 Å². The maximum atomic E-state index is 12.0. The Labute approximate surface area is 134 Å². The van der Waals surface area contributed by atoms with E-state index in [0.717, 1.165) is 5.56 Å². The van der Waals surface area contributed by atoms with Gasteiger partial charge in [-0.3, -0.25) is 9.78 Å². The first kappa shape index (κ1) is 16.9. The van der Waals surface area contributed by atoms with Gasteiger partial charge in [-0.25, -0.2) is 4.79 Å². The number of ether oxygens (including phenoxy) is 2. The molecular weight excluding hydrogens is 296 g/mol. The maximum absolute atomic E-state index is 12.0. The lowest BCUT2D eigenvalue weighted by atomic mass is 10.0. The highest BCUT2D eigenvalue weighted by Crippen LogP contribution is 2.30. The molecular formula is C17H22N2O4. The molecule has 2 rings (SSSR count). The normalized spacial score (nSPS) is 10.8. The van der Waals surface area contributed by atoms with E-state index in [4.69, 9.17) is 9.47 Å². The molecule has 0 fully saturated rings. The van der Waals surface area contributed by atoms with Gasteiger partial charge in [0.25, 0.3) is 5.56 Å². The first-order valence-corrected chi connectivity index (χ1v) is 7.65. The fraction of sp³-hybridized carbons (Fsp3) is 0.412. The third-order valence-electron chi connectivity index (χ3n) is 3.31. The van der Waals surface area contributed by atoms with E-state index < -0.39 is 5.69 Å². The van der Waals surface area contributed by atoms with Gasteiger partial charge in [-0.15, -0.1) is 0 Å². The summed E-state index contributed by atoms with van der Waals surface area (Å²) in [4.78, 5) is 28.1. The Balaban J connectivity index is 2.36. The number of nitrogens with one attached hydrogen (secondary N) is 2. The molecule has 0 radical (unpaired) electrons. The molecule has 0 atom stereocenters. The molecule has 0 saturated carbocycles. The molecule has 0 amide bonds. The number of aryl methyl sites for hydroxylation is 1. The number of H-pyrrole nitrogens is 2. The molecule has 23 heavy (non-hydrogen) atoms. The third-order valence-corrected chi connectivity index (χ3v) is 3.31. The van der Waals surface area contributed by atoms with Crippen LogP contribution in [0.25, 0.3) is 0 Å². The molecule has 0 bridgehead atoms. The molecule has 124 valence electrons. The summed E-state index contributed by atoms with van der Waals surface area (Å²) >= 11 is 0. The van der Waals surface area contributed by atoms with Gasteiger partial charge in [0.15, 0.2) is 11.5 Å². The van der Waals surface area contributed by atoms with E-state index >= 15 is 0 Å². The summed E-state index contributed by atoms with van der Waals surface area (Å²) in [6.45, 7) is 8.05. The average molecular weight is 318 g/mol. The van der Waals surface area contributed by atoms with Crippen molar-refractivity contribution in [3.63, 3.8) is 0 Å². The molecule has 1 heterocycles. The van der Waals surface area contributed by atoms with E-state index in [0.29, 0.717) is 35.8 Å². The van der Waals surface area contributed by atoms with Crippen molar-refractivity contribution in [2.45, 2.75) is 40.2 Å². The van der Waals surface area contributed by atoms with Crippen LogP contribution in [0.3, 0.4) is 0 Å². The largest absolute Gasteiger partial charge is 0.490 e. The number of aromatic amines is 2. The molecule has 2 aromatic rings. The topological polar surface area (TPSA) is 84.2 Å². The van der Waals surface area contributed by atoms with Crippen molar-refractivity contribution in [2.24, 2.45) is 0 Å². The van der Waals surface area contributed by atoms with Crippen LogP contribution in [0, 0.1) is 6.92 Å². The fourth-order valence-corrected chi connectivity index (χ4v) is 2.32. The van der Waals surface area contributed by atoms with Crippen LogP contribution in [0.5, 0.6) is 11.5 Å². The minimum absolute atomic E-state index is 0.0457. The summed E-state index contributed by atoms with van der Waals surface area (Å²) in [7, 11) is 0. The summed E-state index contributed by atoms with van der Waals surface area (Å²) in [6.07, 6.45) is 0.448. The van der Waals surface area contributed by atoms with Crippen molar-refractivity contribution in [3.8, 4) is 11.5 Å². The minimum atomic E-state index is -0.494. The average Bonchev–Trinajstić information content (AvgIpc) is 2.45.